The Morgan fingerprint density at radius 2 is 1.79 bits per heavy atom. The smallest absolute Gasteiger partial charge is 0.0499 e. The van der Waals surface area contributed by atoms with E-state index in [1.54, 1.807) is 0 Å². The number of rotatable bonds is 2. The molecule has 5 fully saturated rings. The third-order valence-electron chi connectivity index (χ3n) is 8.64. The number of hydrogen-bond donors (Lipinski definition) is 2. The van der Waals surface area contributed by atoms with E-state index in [-0.39, 0.29) is 10.8 Å². The van der Waals surface area contributed by atoms with Gasteiger partial charge in [0.1, 0.15) is 0 Å². The molecule has 106 valence electrons. The van der Waals surface area contributed by atoms with Crippen LogP contribution in [0.1, 0.15) is 44.9 Å². The highest BCUT2D eigenvalue weighted by Crippen LogP contribution is 2.81. The monoisotopic (exact) mass is 262 g/mol. The molecule has 8 atom stereocenters. The van der Waals surface area contributed by atoms with E-state index in [1.165, 1.54) is 44.9 Å². The van der Waals surface area contributed by atoms with E-state index in [2.05, 4.69) is 0 Å². The molecule has 0 aromatic carbocycles. The van der Waals surface area contributed by atoms with E-state index < -0.39 is 0 Å². The van der Waals surface area contributed by atoms with Gasteiger partial charge in [-0.2, -0.15) is 0 Å². The van der Waals surface area contributed by atoms with E-state index in [1.807, 2.05) is 0 Å². The summed E-state index contributed by atoms with van der Waals surface area (Å²) >= 11 is 0. The van der Waals surface area contributed by atoms with E-state index in [0.29, 0.717) is 13.2 Å². The van der Waals surface area contributed by atoms with Crippen molar-refractivity contribution >= 4 is 0 Å². The van der Waals surface area contributed by atoms with Crippen molar-refractivity contribution in [2.45, 2.75) is 44.9 Å². The van der Waals surface area contributed by atoms with Gasteiger partial charge < -0.3 is 10.2 Å². The molecular formula is C17H26O2. The molecule has 0 heterocycles. The molecule has 0 amide bonds. The molecule has 8 unspecified atom stereocenters. The van der Waals surface area contributed by atoms with Gasteiger partial charge in [0.05, 0.1) is 0 Å². The maximum absolute atomic E-state index is 10.4. The van der Waals surface area contributed by atoms with Crippen LogP contribution in [0.3, 0.4) is 0 Å². The summed E-state index contributed by atoms with van der Waals surface area (Å²) in [5.41, 5.74) is 0.227. The summed E-state index contributed by atoms with van der Waals surface area (Å²) < 4.78 is 0. The average Bonchev–Trinajstić information content (AvgIpc) is 3.18. The van der Waals surface area contributed by atoms with Crippen molar-refractivity contribution in [2.24, 2.45) is 46.3 Å². The summed E-state index contributed by atoms with van der Waals surface area (Å²) in [5.74, 6) is 5.14. The molecule has 0 aliphatic heterocycles. The van der Waals surface area contributed by atoms with Gasteiger partial charge >= 0.3 is 0 Å². The second kappa shape index (κ2) is 3.39. The molecule has 19 heavy (non-hydrogen) atoms. The Balaban J connectivity index is 1.67. The zero-order valence-corrected chi connectivity index (χ0v) is 11.7. The second-order valence-electron chi connectivity index (χ2n) is 8.43. The van der Waals surface area contributed by atoms with Crippen LogP contribution in [-0.2, 0) is 0 Å². The standard InChI is InChI=1S/C17H26O2/c18-8-16-5-4-10(7-16)15-13-6-14(17(15,16)9-19)12-3-1-2-11(12)13/h10-15,18-19H,1-9H2. The van der Waals surface area contributed by atoms with Crippen LogP contribution in [-0.4, -0.2) is 23.4 Å². The molecule has 0 saturated heterocycles. The maximum atomic E-state index is 10.4. The molecule has 5 aliphatic carbocycles. The summed E-state index contributed by atoms with van der Waals surface area (Å²) in [7, 11) is 0. The number of fused-ring (bicyclic) bond motifs is 12. The molecule has 2 N–H and O–H groups in total. The van der Waals surface area contributed by atoms with Crippen molar-refractivity contribution in [3.05, 3.63) is 0 Å². The third-order valence-corrected chi connectivity index (χ3v) is 8.64. The Bertz CT molecular complexity index is 421. The van der Waals surface area contributed by atoms with Gasteiger partial charge in [0.25, 0.3) is 0 Å². The van der Waals surface area contributed by atoms with Crippen molar-refractivity contribution in [2.75, 3.05) is 13.2 Å². The highest BCUT2D eigenvalue weighted by molar-refractivity contribution is 5.25. The summed E-state index contributed by atoms with van der Waals surface area (Å²) in [4.78, 5) is 0. The predicted octanol–water partition coefficient (Wildman–Crippen LogP) is 2.44. The van der Waals surface area contributed by atoms with Crippen LogP contribution >= 0.6 is 0 Å². The molecule has 5 saturated carbocycles. The van der Waals surface area contributed by atoms with Gasteiger partial charge in [-0.3, -0.25) is 0 Å². The Labute approximate surface area is 115 Å². The van der Waals surface area contributed by atoms with Crippen molar-refractivity contribution in [3.8, 4) is 0 Å². The Hall–Kier alpha value is -0.0800. The first-order valence-electron chi connectivity index (χ1n) is 8.49. The largest absolute Gasteiger partial charge is 0.396 e. The van der Waals surface area contributed by atoms with E-state index in [9.17, 15) is 10.2 Å². The van der Waals surface area contributed by atoms with Crippen molar-refractivity contribution in [3.63, 3.8) is 0 Å². The van der Waals surface area contributed by atoms with Crippen molar-refractivity contribution in [1.29, 1.82) is 0 Å². The van der Waals surface area contributed by atoms with Gasteiger partial charge in [0.2, 0.25) is 0 Å². The van der Waals surface area contributed by atoms with Gasteiger partial charge in [-0.1, -0.05) is 6.42 Å². The first-order chi connectivity index (χ1) is 9.27. The second-order valence-corrected chi connectivity index (χ2v) is 8.43. The highest BCUT2D eigenvalue weighted by Gasteiger charge is 2.78. The van der Waals surface area contributed by atoms with Crippen LogP contribution in [0.2, 0.25) is 0 Å². The highest BCUT2D eigenvalue weighted by atomic mass is 16.3. The van der Waals surface area contributed by atoms with E-state index in [0.717, 1.165) is 35.5 Å². The molecule has 0 aromatic rings. The lowest BCUT2D eigenvalue weighted by atomic mass is 9.50. The molecule has 0 aromatic heterocycles. The molecule has 4 bridgehead atoms. The summed E-state index contributed by atoms with van der Waals surface area (Å²) in [6, 6.07) is 0. The Morgan fingerprint density at radius 3 is 2.58 bits per heavy atom. The minimum absolute atomic E-state index is 0.101. The number of aliphatic hydroxyl groups excluding tert-OH is 2. The minimum Gasteiger partial charge on any atom is -0.396 e. The molecule has 2 heteroatoms. The normalized spacial score (nSPS) is 64.7. The Morgan fingerprint density at radius 1 is 0.947 bits per heavy atom. The molecular weight excluding hydrogens is 236 g/mol. The van der Waals surface area contributed by atoms with Gasteiger partial charge in [0.15, 0.2) is 0 Å². The summed E-state index contributed by atoms with van der Waals surface area (Å²) in [6.45, 7) is 0.695. The topological polar surface area (TPSA) is 40.5 Å². The third kappa shape index (κ3) is 0.985. The first-order valence-corrected chi connectivity index (χ1v) is 8.49. The van der Waals surface area contributed by atoms with Crippen LogP contribution in [0.5, 0.6) is 0 Å². The minimum atomic E-state index is 0.101. The zero-order valence-electron chi connectivity index (χ0n) is 11.7. The zero-order chi connectivity index (χ0) is 12.8. The van der Waals surface area contributed by atoms with Crippen molar-refractivity contribution < 1.29 is 10.2 Å². The first kappa shape index (κ1) is 11.6. The molecule has 0 radical (unpaired) electrons. The fourth-order valence-electron chi connectivity index (χ4n) is 8.42. The lowest BCUT2D eigenvalue weighted by molar-refractivity contribution is -0.129. The SMILES string of the molecule is OCC12CCC(C1)C1C3CC(C4CCCC43)C12CO. The van der Waals surface area contributed by atoms with Crippen LogP contribution < -0.4 is 0 Å². The lowest BCUT2D eigenvalue weighted by Gasteiger charge is -2.55. The fourth-order valence-corrected chi connectivity index (χ4v) is 8.42. The number of hydrogen-bond acceptors (Lipinski definition) is 2. The van der Waals surface area contributed by atoms with Crippen molar-refractivity contribution in [1.82, 2.24) is 0 Å². The predicted molar refractivity (Wildman–Crippen MR) is 72.3 cm³/mol. The van der Waals surface area contributed by atoms with Gasteiger partial charge in [-0.15, -0.1) is 0 Å². The summed E-state index contributed by atoms with van der Waals surface area (Å²) in [5, 5.41) is 20.5. The van der Waals surface area contributed by atoms with Crippen LogP contribution in [0.25, 0.3) is 0 Å². The van der Waals surface area contributed by atoms with E-state index in [4.69, 9.17) is 0 Å². The molecule has 5 aliphatic rings. The average molecular weight is 262 g/mol. The van der Waals surface area contributed by atoms with Crippen LogP contribution in [0, 0.1) is 46.3 Å². The summed E-state index contributed by atoms with van der Waals surface area (Å²) in [6.07, 6.45) is 9.42. The van der Waals surface area contributed by atoms with Crippen LogP contribution in [0.4, 0.5) is 0 Å². The number of aliphatic hydroxyl groups is 2. The van der Waals surface area contributed by atoms with Gasteiger partial charge in [-0.25, -0.2) is 0 Å². The fraction of sp³-hybridized carbons (Fsp3) is 1.00. The van der Waals surface area contributed by atoms with Gasteiger partial charge in [0, 0.05) is 24.0 Å². The maximum Gasteiger partial charge on any atom is 0.0499 e. The Kier molecular flexibility index (Phi) is 2.06. The van der Waals surface area contributed by atoms with Gasteiger partial charge in [-0.05, 0) is 74.0 Å². The lowest BCUT2D eigenvalue weighted by Crippen LogP contribution is -2.55. The van der Waals surface area contributed by atoms with Crippen LogP contribution in [0.15, 0.2) is 0 Å². The quantitative estimate of drug-likeness (QED) is 0.750. The van der Waals surface area contributed by atoms with E-state index >= 15 is 0 Å². The molecule has 2 nitrogen and oxygen atoms in total. The molecule has 5 rings (SSSR count). The molecule has 0 spiro atoms.